The summed E-state index contributed by atoms with van der Waals surface area (Å²) in [6.45, 7) is 4.22. The van der Waals surface area contributed by atoms with Gasteiger partial charge in [0.2, 0.25) is 0 Å². The van der Waals surface area contributed by atoms with Gasteiger partial charge in [0.15, 0.2) is 0 Å². The molecule has 0 fully saturated rings. The molecule has 3 heteroatoms. The molecule has 1 radical (unpaired) electrons. The second kappa shape index (κ2) is 7.88. The molecule has 1 rings (SSSR count). The zero-order chi connectivity index (χ0) is 5.28. The van der Waals surface area contributed by atoms with Crippen molar-refractivity contribution in [3.8, 4) is 0 Å². The first kappa shape index (κ1) is 17.0. The molecule has 0 unspecified atom stereocenters. The van der Waals surface area contributed by atoms with Crippen LogP contribution < -0.4 is 24.8 Å². The van der Waals surface area contributed by atoms with Gasteiger partial charge in [0.05, 0.1) is 0 Å². The van der Waals surface area contributed by atoms with Crippen LogP contribution in [0.2, 0.25) is 0 Å². The number of allylic oxidation sites excluding steroid dienone is 4. The minimum absolute atomic E-state index is 0. The Morgan fingerprint density at radius 1 is 1.30 bits per heavy atom. The van der Waals surface area contributed by atoms with Gasteiger partial charge in [-0.15, -0.1) is 13.3 Å². The Hall–Kier alpha value is 0.774. The molecule has 10 heavy (non-hydrogen) atoms. The molecule has 0 aromatic rings. The Morgan fingerprint density at radius 3 is 1.90 bits per heavy atom. The van der Waals surface area contributed by atoms with Gasteiger partial charge in [-0.2, -0.15) is 6.08 Å². The summed E-state index contributed by atoms with van der Waals surface area (Å²) in [5, 5.41) is 0. The van der Waals surface area contributed by atoms with Crippen molar-refractivity contribution in [2.24, 2.45) is 0 Å². The molecule has 0 N–H and O–H groups in total. The molecular formula is C7H9Cl2Ti. The Labute approximate surface area is 89.9 Å². The summed E-state index contributed by atoms with van der Waals surface area (Å²) < 4.78 is 0. The molecule has 0 saturated carbocycles. The van der Waals surface area contributed by atoms with Gasteiger partial charge in [-0.1, -0.05) is 6.92 Å². The van der Waals surface area contributed by atoms with E-state index in [1.807, 2.05) is 0 Å². The zero-order valence-electron chi connectivity index (χ0n) is 6.04. The molecule has 0 bridgehead atoms. The van der Waals surface area contributed by atoms with Crippen LogP contribution in [0.4, 0.5) is 0 Å². The molecule has 0 nitrogen and oxygen atoms in total. The fourth-order valence-corrected chi connectivity index (χ4v) is 0.650. The van der Waals surface area contributed by atoms with E-state index in [2.05, 4.69) is 26.0 Å². The van der Waals surface area contributed by atoms with E-state index >= 15 is 0 Å². The van der Waals surface area contributed by atoms with Crippen molar-refractivity contribution >= 4 is 0 Å². The van der Waals surface area contributed by atoms with Crippen LogP contribution in [0.1, 0.15) is 20.3 Å². The van der Waals surface area contributed by atoms with Crippen molar-refractivity contribution in [1.29, 1.82) is 0 Å². The van der Waals surface area contributed by atoms with Gasteiger partial charge in [0.1, 0.15) is 0 Å². The average Bonchev–Trinajstić information content (AvgIpc) is 1.91. The molecule has 0 atom stereocenters. The van der Waals surface area contributed by atoms with Crippen LogP contribution in [0.5, 0.6) is 0 Å². The Morgan fingerprint density at radius 2 is 1.80 bits per heavy atom. The smallest absolute Gasteiger partial charge is 1.00 e. The second-order valence-electron chi connectivity index (χ2n) is 1.89. The third kappa shape index (κ3) is 4.57. The molecule has 0 saturated heterocycles. The van der Waals surface area contributed by atoms with Crippen molar-refractivity contribution in [1.82, 2.24) is 0 Å². The minimum atomic E-state index is 0. The van der Waals surface area contributed by atoms with Gasteiger partial charge in [0, 0.05) is 0 Å². The average molecular weight is 212 g/mol. The quantitative estimate of drug-likeness (QED) is 0.284. The van der Waals surface area contributed by atoms with Crippen molar-refractivity contribution in [3.63, 3.8) is 0 Å². The van der Waals surface area contributed by atoms with Crippen LogP contribution in [-0.2, 0) is 21.7 Å². The first-order chi connectivity index (χ1) is 3.30. The van der Waals surface area contributed by atoms with Gasteiger partial charge in [0.25, 0.3) is 0 Å². The maximum Gasteiger partial charge on any atom is 3.00 e. The molecule has 0 aromatic heterocycles. The van der Waals surface area contributed by atoms with Gasteiger partial charge >= 0.3 is 21.7 Å². The van der Waals surface area contributed by atoms with Crippen LogP contribution >= 0.6 is 0 Å². The molecule has 1 aliphatic rings. The largest absolute Gasteiger partial charge is 3.00 e. The summed E-state index contributed by atoms with van der Waals surface area (Å²) >= 11 is 0. The Bertz CT molecular complexity index is 123. The minimum Gasteiger partial charge on any atom is -1.00 e. The van der Waals surface area contributed by atoms with Crippen molar-refractivity contribution in [2.75, 3.05) is 0 Å². The first-order valence-electron chi connectivity index (χ1n) is 2.55. The number of halogens is 2. The number of hydrogen-bond donors (Lipinski definition) is 0. The maximum atomic E-state index is 3.19. The SMILES string of the molecule is CC1=[C-]CC=C1C.[Cl-].[Cl-].[Ti+3]. The van der Waals surface area contributed by atoms with E-state index in [1.165, 1.54) is 11.1 Å². The Kier molecular flexibility index (Phi) is 13.4. The van der Waals surface area contributed by atoms with Gasteiger partial charge in [-0.25, -0.2) is 11.1 Å². The first-order valence-corrected chi connectivity index (χ1v) is 2.55. The predicted molar refractivity (Wildman–Crippen MR) is 30.8 cm³/mol. The van der Waals surface area contributed by atoms with E-state index < -0.39 is 0 Å². The second-order valence-corrected chi connectivity index (χ2v) is 1.89. The summed E-state index contributed by atoms with van der Waals surface area (Å²) in [6, 6.07) is 0. The summed E-state index contributed by atoms with van der Waals surface area (Å²) in [5.74, 6) is 0. The zero-order valence-corrected chi connectivity index (χ0v) is 9.11. The van der Waals surface area contributed by atoms with Gasteiger partial charge < -0.3 is 24.8 Å². The van der Waals surface area contributed by atoms with E-state index in [0.717, 1.165) is 6.42 Å². The molecule has 0 amide bonds. The van der Waals surface area contributed by atoms with Gasteiger partial charge in [-0.3, -0.25) is 6.08 Å². The predicted octanol–water partition coefficient (Wildman–Crippen LogP) is -3.91. The van der Waals surface area contributed by atoms with E-state index in [1.54, 1.807) is 0 Å². The van der Waals surface area contributed by atoms with E-state index in [9.17, 15) is 0 Å². The summed E-state index contributed by atoms with van der Waals surface area (Å²) in [7, 11) is 0. The standard InChI is InChI=1S/C7H9.2ClH.Ti/c1-6-4-3-5-7(6)2;;;/h4H,3H2,1-2H3;2*1H;/q-1;;;+3/p-2. The maximum absolute atomic E-state index is 3.19. The topological polar surface area (TPSA) is 0 Å². The molecule has 0 aliphatic heterocycles. The molecule has 0 spiro atoms. The Balaban J connectivity index is -0.000000163. The van der Waals surface area contributed by atoms with Crippen molar-refractivity contribution in [2.45, 2.75) is 20.3 Å². The summed E-state index contributed by atoms with van der Waals surface area (Å²) in [5.41, 5.74) is 2.71. The number of rotatable bonds is 0. The number of hydrogen-bond acceptors (Lipinski definition) is 0. The van der Waals surface area contributed by atoms with E-state index in [0.29, 0.717) is 0 Å². The fraction of sp³-hybridized carbons (Fsp3) is 0.429. The van der Waals surface area contributed by atoms with Crippen LogP contribution in [0.25, 0.3) is 0 Å². The van der Waals surface area contributed by atoms with Crippen LogP contribution in [0.15, 0.2) is 17.2 Å². The van der Waals surface area contributed by atoms with Crippen LogP contribution in [0, 0.1) is 6.08 Å². The summed E-state index contributed by atoms with van der Waals surface area (Å²) in [6.07, 6.45) is 6.41. The monoisotopic (exact) mass is 211 g/mol. The normalized spacial score (nSPS) is 13.4. The molecule has 55 valence electrons. The van der Waals surface area contributed by atoms with Crippen LogP contribution in [0.3, 0.4) is 0 Å². The fourth-order valence-electron chi connectivity index (χ4n) is 0.650. The molecular weight excluding hydrogens is 203 g/mol. The molecule has 1 aliphatic carbocycles. The molecule has 0 aromatic carbocycles. The van der Waals surface area contributed by atoms with Crippen molar-refractivity contribution < 1.29 is 46.5 Å². The third-order valence-corrected chi connectivity index (χ3v) is 1.37. The summed E-state index contributed by atoms with van der Waals surface area (Å²) in [4.78, 5) is 0. The molecule has 0 heterocycles. The van der Waals surface area contributed by atoms with Crippen LogP contribution in [-0.4, -0.2) is 0 Å². The third-order valence-electron chi connectivity index (χ3n) is 1.37. The van der Waals surface area contributed by atoms with E-state index in [4.69, 9.17) is 0 Å². The van der Waals surface area contributed by atoms with E-state index in [-0.39, 0.29) is 46.5 Å². The van der Waals surface area contributed by atoms with Crippen molar-refractivity contribution in [3.05, 3.63) is 23.3 Å². The van der Waals surface area contributed by atoms with Gasteiger partial charge in [-0.05, 0) is 0 Å².